The van der Waals surface area contributed by atoms with E-state index in [1.54, 1.807) is 24.3 Å². The van der Waals surface area contributed by atoms with E-state index in [-0.39, 0.29) is 18.4 Å². The molecule has 0 spiro atoms. The molecule has 6 heteroatoms. The lowest BCUT2D eigenvalue weighted by Crippen LogP contribution is -2.50. The quantitative estimate of drug-likeness (QED) is 0.840. The van der Waals surface area contributed by atoms with Crippen molar-refractivity contribution in [3.63, 3.8) is 0 Å². The highest BCUT2D eigenvalue weighted by Crippen LogP contribution is 2.35. The molecule has 6 nitrogen and oxygen atoms in total. The van der Waals surface area contributed by atoms with Gasteiger partial charge in [-0.3, -0.25) is 9.59 Å². The molecule has 0 unspecified atom stereocenters. The number of piperidine rings is 1. The van der Waals surface area contributed by atoms with Gasteiger partial charge in [0.1, 0.15) is 0 Å². The summed E-state index contributed by atoms with van der Waals surface area (Å²) >= 11 is 0. The van der Waals surface area contributed by atoms with Gasteiger partial charge in [-0.1, -0.05) is 12.8 Å². The summed E-state index contributed by atoms with van der Waals surface area (Å²) < 4.78 is 5.23. The van der Waals surface area contributed by atoms with Crippen LogP contribution in [0.15, 0.2) is 24.3 Å². The molecule has 0 aromatic heterocycles. The predicted molar refractivity (Wildman–Crippen MR) is 97.7 cm³/mol. The number of hydrogen-bond donors (Lipinski definition) is 1. The number of ether oxygens (including phenoxy) is 1. The average Bonchev–Trinajstić information content (AvgIpc) is 2.65. The van der Waals surface area contributed by atoms with E-state index in [2.05, 4.69) is 5.32 Å². The highest BCUT2D eigenvalue weighted by molar-refractivity contribution is 5.93. The van der Waals surface area contributed by atoms with Crippen LogP contribution in [0.5, 0.6) is 0 Å². The molecule has 0 radical (unpaired) electrons. The predicted octanol–water partition coefficient (Wildman–Crippen LogP) is 2.98. The van der Waals surface area contributed by atoms with Crippen LogP contribution in [0.2, 0.25) is 0 Å². The highest BCUT2D eigenvalue weighted by Gasteiger charge is 2.35. The highest BCUT2D eigenvalue weighted by atomic mass is 16.5. The van der Waals surface area contributed by atoms with Crippen molar-refractivity contribution in [2.24, 2.45) is 5.92 Å². The summed E-state index contributed by atoms with van der Waals surface area (Å²) in [4.78, 5) is 37.7. The second-order valence-electron chi connectivity index (χ2n) is 7.18. The van der Waals surface area contributed by atoms with E-state index in [9.17, 15) is 14.4 Å². The fourth-order valence-electron chi connectivity index (χ4n) is 4.12. The zero-order valence-electron chi connectivity index (χ0n) is 15.2. The Hall–Kier alpha value is -2.37. The standard InChI is InChI=1S/C20H26N2O4/c1-14(23)21-17-10-8-16(9-11-17)20(25)26-13-19(24)22-12-4-6-15-5-2-3-7-18(15)22/h8-11,15,18H,2-7,12-13H2,1H3,(H,21,23)/t15-,18+/m0/s1. The summed E-state index contributed by atoms with van der Waals surface area (Å²) in [5.41, 5.74) is 0.975. The molecule has 1 aromatic rings. The number of amides is 2. The maximum Gasteiger partial charge on any atom is 0.338 e. The third-order valence-electron chi connectivity index (χ3n) is 5.33. The van der Waals surface area contributed by atoms with E-state index in [1.807, 2.05) is 4.90 Å². The molecule has 2 amide bonds. The van der Waals surface area contributed by atoms with Gasteiger partial charge in [0, 0.05) is 25.2 Å². The summed E-state index contributed by atoms with van der Waals surface area (Å²) in [6, 6.07) is 6.75. The first-order chi connectivity index (χ1) is 12.5. The van der Waals surface area contributed by atoms with Crippen molar-refractivity contribution in [2.75, 3.05) is 18.5 Å². The third-order valence-corrected chi connectivity index (χ3v) is 5.33. The molecule has 1 saturated heterocycles. The minimum atomic E-state index is -0.523. The van der Waals surface area contributed by atoms with Crippen LogP contribution in [0.25, 0.3) is 0 Å². The van der Waals surface area contributed by atoms with E-state index in [1.165, 1.54) is 32.6 Å². The van der Waals surface area contributed by atoms with Gasteiger partial charge in [-0.25, -0.2) is 4.79 Å². The fourth-order valence-corrected chi connectivity index (χ4v) is 4.12. The molecule has 140 valence electrons. The van der Waals surface area contributed by atoms with Crippen LogP contribution in [-0.4, -0.2) is 41.9 Å². The van der Waals surface area contributed by atoms with E-state index < -0.39 is 5.97 Å². The van der Waals surface area contributed by atoms with Crippen molar-refractivity contribution in [1.82, 2.24) is 4.90 Å². The molecule has 1 saturated carbocycles. The number of benzene rings is 1. The molecule has 2 aliphatic rings. The third kappa shape index (κ3) is 4.42. The average molecular weight is 358 g/mol. The molecule has 26 heavy (non-hydrogen) atoms. The summed E-state index contributed by atoms with van der Waals surface area (Å²) in [5, 5.41) is 2.64. The Morgan fingerprint density at radius 2 is 1.77 bits per heavy atom. The van der Waals surface area contributed by atoms with Crippen molar-refractivity contribution < 1.29 is 19.1 Å². The van der Waals surface area contributed by atoms with Crippen LogP contribution in [0.4, 0.5) is 5.69 Å². The zero-order valence-corrected chi connectivity index (χ0v) is 15.2. The number of fused-ring (bicyclic) bond motifs is 1. The Morgan fingerprint density at radius 1 is 1.08 bits per heavy atom. The molecule has 1 aliphatic heterocycles. The molecule has 2 atom stereocenters. The Labute approximate surface area is 153 Å². The first-order valence-corrected chi connectivity index (χ1v) is 9.39. The van der Waals surface area contributed by atoms with Crippen LogP contribution in [-0.2, 0) is 14.3 Å². The van der Waals surface area contributed by atoms with Gasteiger partial charge in [-0.05, 0) is 55.9 Å². The topological polar surface area (TPSA) is 75.7 Å². The van der Waals surface area contributed by atoms with Crippen molar-refractivity contribution in [3.05, 3.63) is 29.8 Å². The largest absolute Gasteiger partial charge is 0.452 e. The SMILES string of the molecule is CC(=O)Nc1ccc(C(=O)OCC(=O)N2CCC[C@@H]3CCCC[C@H]32)cc1. The normalized spacial score (nSPS) is 22.3. The van der Waals surface area contributed by atoms with Crippen LogP contribution < -0.4 is 5.32 Å². The van der Waals surface area contributed by atoms with Crippen LogP contribution in [0.1, 0.15) is 55.8 Å². The van der Waals surface area contributed by atoms with Gasteiger partial charge >= 0.3 is 5.97 Å². The van der Waals surface area contributed by atoms with Gasteiger partial charge in [-0.2, -0.15) is 0 Å². The summed E-state index contributed by atoms with van der Waals surface area (Å²) in [7, 11) is 0. The Bertz CT molecular complexity index is 669. The van der Waals surface area contributed by atoms with Crippen molar-refractivity contribution in [2.45, 2.75) is 51.5 Å². The van der Waals surface area contributed by atoms with Gasteiger partial charge in [0.25, 0.3) is 5.91 Å². The second kappa shape index (κ2) is 8.34. The Balaban J connectivity index is 1.53. The molecular weight excluding hydrogens is 332 g/mol. The van der Waals surface area contributed by atoms with Crippen molar-refractivity contribution in [3.8, 4) is 0 Å². The molecule has 1 aromatic carbocycles. The Morgan fingerprint density at radius 3 is 2.50 bits per heavy atom. The lowest BCUT2D eigenvalue weighted by atomic mass is 9.78. The lowest BCUT2D eigenvalue weighted by Gasteiger charge is -2.44. The molecule has 3 rings (SSSR count). The number of rotatable bonds is 4. The lowest BCUT2D eigenvalue weighted by molar-refractivity contribution is -0.140. The van der Waals surface area contributed by atoms with Gasteiger partial charge in [0.05, 0.1) is 5.56 Å². The summed E-state index contributed by atoms with van der Waals surface area (Å²) in [6.07, 6.45) is 6.93. The molecule has 2 fully saturated rings. The molecule has 1 heterocycles. The number of nitrogens with zero attached hydrogens (tertiary/aromatic N) is 1. The number of hydrogen-bond acceptors (Lipinski definition) is 4. The first kappa shape index (κ1) is 18.4. The number of carbonyl (C=O) groups is 3. The number of nitrogens with one attached hydrogen (secondary N) is 1. The van der Waals surface area contributed by atoms with E-state index in [0.29, 0.717) is 23.2 Å². The van der Waals surface area contributed by atoms with Gasteiger partial charge in [-0.15, -0.1) is 0 Å². The van der Waals surface area contributed by atoms with E-state index in [0.717, 1.165) is 19.4 Å². The number of carbonyl (C=O) groups excluding carboxylic acids is 3. The molecule has 1 N–H and O–H groups in total. The fraction of sp³-hybridized carbons (Fsp3) is 0.550. The molecule has 1 aliphatic carbocycles. The minimum absolute atomic E-state index is 0.0928. The Kier molecular flexibility index (Phi) is 5.91. The van der Waals surface area contributed by atoms with E-state index in [4.69, 9.17) is 4.74 Å². The maximum absolute atomic E-state index is 12.6. The molecular formula is C20H26N2O4. The maximum atomic E-state index is 12.6. The van der Waals surface area contributed by atoms with Gasteiger partial charge in [0.15, 0.2) is 6.61 Å². The summed E-state index contributed by atoms with van der Waals surface area (Å²) in [6.45, 7) is 1.98. The monoisotopic (exact) mass is 358 g/mol. The van der Waals surface area contributed by atoms with E-state index >= 15 is 0 Å². The van der Waals surface area contributed by atoms with Crippen LogP contribution in [0.3, 0.4) is 0 Å². The smallest absolute Gasteiger partial charge is 0.338 e. The number of esters is 1. The van der Waals surface area contributed by atoms with Crippen molar-refractivity contribution >= 4 is 23.5 Å². The van der Waals surface area contributed by atoms with Gasteiger partial charge in [0.2, 0.25) is 5.91 Å². The number of likely N-dealkylation sites (tertiary alicyclic amines) is 1. The van der Waals surface area contributed by atoms with Crippen LogP contribution in [0, 0.1) is 5.92 Å². The number of anilines is 1. The second-order valence-corrected chi connectivity index (χ2v) is 7.18. The summed E-state index contributed by atoms with van der Waals surface area (Å²) in [5.74, 6) is -0.179. The van der Waals surface area contributed by atoms with Gasteiger partial charge < -0.3 is 15.0 Å². The molecule has 0 bridgehead atoms. The van der Waals surface area contributed by atoms with Crippen molar-refractivity contribution in [1.29, 1.82) is 0 Å². The zero-order chi connectivity index (χ0) is 18.5. The van der Waals surface area contributed by atoms with Crippen LogP contribution >= 0.6 is 0 Å². The minimum Gasteiger partial charge on any atom is -0.452 e. The first-order valence-electron chi connectivity index (χ1n) is 9.39.